The normalized spacial score (nSPS) is 13.6. The minimum absolute atomic E-state index is 0.0140. The van der Waals surface area contributed by atoms with Gasteiger partial charge in [-0.25, -0.2) is 4.79 Å². The maximum atomic E-state index is 12.1. The van der Waals surface area contributed by atoms with Gasteiger partial charge in [0.15, 0.2) is 0 Å². The van der Waals surface area contributed by atoms with Crippen LogP contribution in [0.5, 0.6) is 0 Å². The highest BCUT2D eigenvalue weighted by Crippen LogP contribution is 2.46. The smallest absolute Gasteiger partial charge is 0.407 e. The van der Waals surface area contributed by atoms with Crippen LogP contribution in [-0.4, -0.2) is 29.8 Å². The van der Waals surface area contributed by atoms with Crippen molar-refractivity contribution in [1.82, 2.24) is 5.32 Å². The third-order valence-electron chi connectivity index (χ3n) is 4.73. The molecule has 0 aromatic heterocycles. The summed E-state index contributed by atoms with van der Waals surface area (Å²) in [4.78, 5) is 22.6. The fraction of sp³-hybridized carbons (Fsp3) is 0.333. The number of aliphatic carboxylic acids is 1. The van der Waals surface area contributed by atoms with E-state index in [0.29, 0.717) is 19.4 Å². The molecule has 0 spiro atoms. The number of alkyl carbamates (subject to hydrolysis) is 1. The van der Waals surface area contributed by atoms with Crippen molar-refractivity contribution in [2.75, 3.05) is 6.54 Å². The Kier molecular flexibility index (Phi) is 5.56. The van der Waals surface area contributed by atoms with Gasteiger partial charge in [-0.05, 0) is 42.0 Å². The average molecular weight is 353 g/mol. The van der Waals surface area contributed by atoms with Crippen LogP contribution in [0.15, 0.2) is 48.5 Å². The molecular weight excluding hydrogens is 330 g/mol. The number of amides is 1. The van der Waals surface area contributed by atoms with Crippen LogP contribution >= 0.6 is 0 Å². The predicted molar refractivity (Wildman–Crippen MR) is 99.2 cm³/mol. The molecule has 5 heteroatoms. The van der Waals surface area contributed by atoms with Gasteiger partial charge in [-0.2, -0.15) is 0 Å². The van der Waals surface area contributed by atoms with Gasteiger partial charge in [0.05, 0.1) is 0 Å². The molecule has 0 saturated carbocycles. The first-order valence-electron chi connectivity index (χ1n) is 8.92. The molecule has 0 fully saturated rings. The maximum Gasteiger partial charge on any atom is 0.407 e. The zero-order chi connectivity index (χ0) is 18.5. The molecule has 0 aliphatic heterocycles. The zero-order valence-corrected chi connectivity index (χ0v) is 14.8. The largest absolute Gasteiger partial charge is 0.481 e. The van der Waals surface area contributed by atoms with E-state index in [2.05, 4.69) is 29.6 Å². The number of benzene rings is 2. The van der Waals surface area contributed by atoms with Crippen molar-refractivity contribution in [3.8, 4) is 11.1 Å². The van der Waals surface area contributed by atoms with Crippen LogP contribution in [0.4, 0.5) is 4.79 Å². The monoisotopic (exact) mass is 353 g/mol. The number of rotatable bonds is 7. The first-order valence-corrected chi connectivity index (χ1v) is 8.92. The molecule has 2 aromatic carbocycles. The molecule has 2 aromatic rings. The zero-order valence-electron chi connectivity index (χ0n) is 14.8. The van der Waals surface area contributed by atoms with Gasteiger partial charge in [0.25, 0.3) is 0 Å². The fourth-order valence-corrected chi connectivity index (χ4v) is 3.57. The Morgan fingerprint density at radius 1 is 1.04 bits per heavy atom. The Bertz CT molecular complexity index is 757. The molecule has 136 valence electrons. The maximum absolute atomic E-state index is 12.1. The van der Waals surface area contributed by atoms with Crippen LogP contribution < -0.4 is 5.32 Å². The second kappa shape index (κ2) is 8.04. The Labute approximate surface area is 153 Å². The van der Waals surface area contributed by atoms with Crippen LogP contribution in [0, 0.1) is 0 Å². The highest BCUT2D eigenvalue weighted by atomic mass is 16.6. The van der Waals surface area contributed by atoms with Gasteiger partial charge < -0.3 is 15.2 Å². The quantitative estimate of drug-likeness (QED) is 0.733. The van der Waals surface area contributed by atoms with Gasteiger partial charge in [0.1, 0.15) is 6.10 Å². The summed E-state index contributed by atoms with van der Waals surface area (Å²) in [7, 11) is 0. The summed E-state index contributed by atoms with van der Waals surface area (Å²) < 4.78 is 5.61. The van der Waals surface area contributed by atoms with Gasteiger partial charge in [-0.15, -0.1) is 0 Å². The van der Waals surface area contributed by atoms with Gasteiger partial charge in [-0.3, -0.25) is 4.79 Å². The number of unbranched alkanes of at least 4 members (excludes halogenated alkanes) is 1. The Balaban J connectivity index is 1.62. The highest BCUT2D eigenvalue weighted by molar-refractivity contribution is 5.79. The van der Waals surface area contributed by atoms with Gasteiger partial charge in [-0.1, -0.05) is 48.5 Å². The summed E-state index contributed by atoms with van der Waals surface area (Å²) in [5.74, 6) is -0.806. The third kappa shape index (κ3) is 3.87. The molecule has 1 amide bonds. The van der Waals surface area contributed by atoms with Crippen molar-refractivity contribution in [3.05, 3.63) is 59.7 Å². The lowest BCUT2D eigenvalue weighted by Gasteiger charge is -2.22. The van der Waals surface area contributed by atoms with Crippen molar-refractivity contribution >= 4 is 12.1 Å². The van der Waals surface area contributed by atoms with Crippen molar-refractivity contribution in [1.29, 1.82) is 0 Å². The molecule has 1 unspecified atom stereocenters. The molecule has 0 saturated heterocycles. The summed E-state index contributed by atoms with van der Waals surface area (Å²) >= 11 is 0. The molecular formula is C21H23NO4. The number of carboxylic acids is 1. The Morgan fingerprint density at radius 3 is 2.19 bits per heavy atom. The third-order valence-corrected chi connectivity index (χ3v) is 4.73. The number of hydrogen-bond acceptors (Lipinski definition) is 3. The van der Waals surface area contributed by atoms with E-state index in [1.165, 1.54) is 22.3 Å². The minimum Gasteiger partial charge on any atom is -0.481 e. The van der Waals surface area contributed by atoms with Crippen LogP contribution in [0.25, 0.3) is 11.1 Å². The lowest BCUT2D eigenvalue weighted by atomic mass is 9.92. The molecule has 3 rings (SSSR count). The summed E-state index contributed by atoms with van der Waals surface area (Å²) in [5.41, 5.74) is 4.74. The summed E-state index contributed by atoms with van der Waals surface area (Å²) in [6, 6.07) is 16.4. The van der Waals surface area contributed by atoms with E-state index in [9.17, 15) is 9.59 Å². The highest BCUT2D eigenvalue weighted by Gasteiger charge is 2.33. The molecule has 0 bridgehead atoms. The number of carboxylic acid groups (broad SMARTS) is 1. The Hall–Kier alpha value is -2.82. The number of hydrogen-bond donors (Lipinski definition) is 2. The number of carbonyl (C=O) groups excluding carboxylic acids is 1. The van der Waals surface area contributed by atoms with Crippen LogP contribution in [-0.2, 0) is 9.53 Å². The van der Waals surface area contributed by atoms with Crippen molar-refractivity contribution in [3.63, 3.8) is 0 Å². The number of fused-ring (bicyclic) bond motifs is 3. The summed E-state index contributed by atoms with van der Waals surface area (Å²) in [5, 5.41) is 11.3. The number of ether oxygens (including phenoxy) is 1. The number of carbonyl (C=O) groups is 2. The second-order valence-electron chi connectivity index (χ2n) is 6.54. The van der Waals surface area contributed by atoms with E-state index in [4.69, 9.17) is 9.84 Å². The van der Waals surface area contributed by atoms with E-state index < -0.39 is 12.1 Å². The van der Waals surface area contributed by atoms with Gasteiger partial charge >= 0.3 is 12.1 Å². The lowest BCUT2D eigenvalue weighted by molar-refractivity contribution is -0.137. The van der Waals surface area contributed by atoms with Crippen molar-refractivity contribution < 1.29 is 19.4 Å². The molecule has 0 heterocycles. The molecule has 26 heavy (non-hydrogen) atoms. The first-order chi connectivity index (χ1) is 12.6. The van der Waals surface area contributed by atoms with E-state index >= 15 is 0 Å². The molecule has 0 radical (unpaired) electrons. The van der Waals surface area contributed by atoms with E-state index in [1.54, 1.807) is 0 Å². The molecule has 2 N–H and O–H groups in total. The standard InChI is InChI=1S/C21H23NO4/c1-14(26-21(25)22-13-7-6-12-19(23)24)20-17-10-4-2-8-15(17)16-9-3-5-11-18(16)20/h2-5,8-11,14,20H,6-7,12-13H2,1H3,(H,22,25)(H,23,24). The van der Waals surface area contributed by atoms with Gasteiger partial charge in [0.2, 0.25) is 0 Å². The molecule has 5 nitrogen and oxygen atoms in total. The van der Waals surface area contributed by atoms with E-state index in [-0.39, 0.29) is 18.4 Å². The molecule has 1 aliphatic carbocycles. The Morgan fingerprint density at radius 2 is 1.62 bits per heavy atom. The number of nitrogens with one attached hydrogen (secondary N) is 1. The van der Waals surface area contributed by atoms with E-state index in [0.717, 1.165) is 0 Å². The predicted octanol–water partition coefficient (Wildman–Crippen LogP) is 4.17. The van der Waals surface area contributed by atoms with Crippen LogP contribution in [0.2, 0.25) is 0 Å². The summed E-state index contributed by atoms with van der Waals surface area (Å²) in [6.45, 7) is 2.32. The SMILES string of the molecule is CC(OC(=O)NCCCCC(=O)O)C1c2ccccc2-c2ccccc21. The van der Waals surface area contributed by atoms with Crippen LogP contribution in [0.1, 0.15) is 43.2 Å². The van der Waals surface area contributed by atoms with Crippen molar-refractivity contribution in [2.45, 2.75) is 38.2 Å². The molecule has 1 aliphatic rings. The van der Waals surface area contributed by atoms with E-state index in [1.807, 2.05) is 31.2 Å². The average Bonchev–Trinajstić information content (AvgIpc) is 2.95. The summed E-state index contributed by atoms with van der Waals surface area (Å²) in [6.07, 6.45) is 0.496. The lowest BCUT2D eigenvalue weighted by Crippen LogP contribution is -2.31. The van der Waals surface area contributed by atoms with Crippen LogP contribution in [0.3, 0.4) is 0 Å². The minimum atomic E-state index is -0.820. The van der Waals surface area contributed by atoms with Crippen molar-refractivity contribution in [2.24, 2.45) is 0 Å². The fourth-order valence-electron chi connectivity index (χ4n) is 3.57. The van der Waals surface area contributed by atoms with Gasteiger partial charge in [0, 0.05) is 18.9 Å². The topological polar surface area (TPSA) is 75.6 Å². The second-order valence-corrected chi connectivity index (χ2v) is 6.54. The molecule has 1 atom stereocenters. The first kappa shape index (κ1) is 18.0.